The van der Waals surface area contributed by atoms with Crippen LogP contribution in [0.3, 0.4) is 0 Å². The van der Waals surface area contributed by atoms with E-state index in [1.165, 1.54) is 29.2 Å². The minimum atomic E-state index is -1.46. The molecule has 0 radical (unpaired) electrons. The fraction of sp³-hybridized carbons (Fsp3) is 0.409. The molecule has 2 aliphatic heterocycles. The molecule has 2 aliphatic rings. The summed E-state index contributed by atoms with van der Waals surface area (Å²) >= 11 is 0. The number of carbonyl (C=O) groups excluding carboxylic acids is 2. The number of hydrogen-bond donors (Lipinski definition) is 3. The van der Waals surface area contributed by atoms with Crippen LogP contribution in [0.2, 0.25) is 0 Å². The first-order valence-corrected chi connectivity index (χ1v) is 11.1. The highest BCUT2D eigenvalue weighted by molar-refractivity contribution is 5.97. The number of nitrogen functional groups attached to an aromatic ring is 1. The summed E-state index contributed by atoms with van der Waals surface area (Å²) in [4.78, 5) is 41.4. The number of hydrogen-bond acceptors (Lipinski definition) is 10. The zero-order valence-electron chi connectivity index (χ0n) is 18.9. The molecular formula is C22H25N7O6. The molecule has 5 rings (SSSR count). The maximum absolute atomic E-state index is 13.2. The molecule has 0 aliphatic carbocycles. The number of piperazine rings is 1. The second kappa shape index (κ2) is 9.09. The molecule has 2 aromatic heterocycles. The molecule has 0 bridgehead atoms. The van der Waals surface area contributed by atoms with Gasteiger partial charge in [-0.3, -0.25) is 14.2 Å². The van der Waals surface area contributed by atoms with Gasteiger partial charge in [0.05, 0.1) is 19.0 Å². The monoisotopic (exact) mass is 483 g/mol. The fourth-order valence-corrected chi connectivity index (χ4v) is 4.45. The van der Waals surface area contributed by atoms with Crippen molar-refractivity contribution in [3.8, 4) is 5.75 Å². The molecule has 4 atom stereocenters. The number of methoxy groups -OCH3 is 1. The Kier molecular flexibility index (Phi) is 5.96. The second-order valence-electron chi connectivity index (χ2n) is 8.33. The van der Waals surface area contributed by atoms with Crippen LogP contribution in [-0.4, -0.2) is 103 Å². The first-order chi connectivity index (χ1) is 16.9. The van der Waals surface area contributed by atoms with Crippen molar-refractivity contribution >= 4 is 28.8 Å². The Bertz CT molecular complexity index is 1260. The van der Waals surface area contributed by atoms with Gasteiger partial charge in [-0.2, -0.15) is 0 Å². The van der Waals surface area contributed by atoms with Crippen LogP contribution in [0.25, 0.3) is 11.2 Å². The van der Waals surface area contributed by atoms with Crippen molar-refractivity contribution in [1.82, 2.24) is 29.3 Å². The summed E-state index contributed by atoms with van der Waals surface area (Å²) in [5.41, 5.74) is 6.90. The number of aliphatic hydroxyl groups excluding tert-OH is 2. The van der Waals surface area contributed by atoms with E-state index in [4.69, 9.17) is 15.2 Å². The predicted molar refractivity (Wildman–Crippen MR) is 121 cm³/mol. The molecule has 2 amide bonds. The highest BCUT2D eigenvalue weighted by Gasteiger charge is 2.49. The van der Waals surface area contributed by atoms with Gasteiger partial charge in [0.15, 0.2) is 23.8 Å². The van der Waals surface area contributed by atoms with Gasteiger partial charge < -0.3 is 35.2 Å². The van der Waals surface area contributed by atoms with Crippen LogP contribution in [0.5, 0.6) is 5.75 Å². The van der Waals surface area contributed by atoms with E-state index in [2.05, 4.69) is 15.0 Å². The van der Waals surface area contributed by atoms with E-state index >= 15 is 0 Å². The van der Waals surface area contributed by atoms with Gasteiger partial charge in [-0.15, -0.1) is 0 Å². The Morgan fingerprint density at radius 1 is 1.06 bits per heavy atom. The molecule has 184 valence electrons. The van der Waals surface area contributed by atoms with Crippen molar-refractivity contribution in [2.75, 3.05) is 39.0 Å². The summed E-state index contributed by atoms with van der Waals surface area (Å²) in [5, 5.41) is 21.2. The highest BCUT2D eigenvalue weighted by Crippen LogP contribution is 2.33. The lowest BCUT2D eigenvalue weighted by Crippen LogP contribution is -2.54. The van der Waals surface area contributed by atoms with Crippen molar-refractivity contribution in [1.29, 1.82) is 0 Å². The van der Waals surface area contributed by atoms with Crippen LogP contribution in [-0.2, 0) is 9.53 Å². The Balaban J connectivity index is 1.26. The SMILES string of the molecule is COc1ccccc1C(=O)N1CCN(C(=O)[C@H]2O[C@@H](n3cnc4c(N)ncnc43)[C@H](O)[C@@H]2O)CC1. The minimum Gasteiger partial charge on any atom is -0.496 e. The van der Waals surface area contributed by atoms with E-state index in [1.807, 2.05) is 0 Å². The van der Waals surface area contributed by atoms with E-state index in [1.54, 1.807) is 29.2 Å². The average molecular weight is 483 g/mol. The molecule has 13 heteroatoms. The zero-order chi connectivity index (χ0) is 24.7. The number of para-hydroxylation sites is 1. The average Bonchev–Trinajstić information content (AvgIpc) is 3.45. The van der Waals surface area contributed by atoms with Crippen LogP contribution < -0.4 is 10.5 Å². The lowest BCUT2D eigenvalue weighted by atomic mass is 10.1. The van der Waals surface area contributed by atoms with Crippen LogP contribution in [0.15, 0.2) is 36.9 Å². The molecule has 2 saturated heterocycles. The topological polar surface area (TPSA) is 169 Å². The molecule has 0 saturated carbocycles. The number of carbonyl (C=O) groups is 2. The van der Waals surface area contributed by atoms with Crippen LogP contribution in [0.4, 0.5) is 5.82 Å². The summed E-state index contributed by atoms with van der Waals surface area (Å²) in [6.07, 6.45) is -2.62. The highest BCUT2D eigenvalue weighted by atomic mass is 16.6. The first-order valence-electron chi connectivity index (χ1n) is 11.1. The summed E-state index contributed by atoms with van der Waals surface area (Å²) in [6, 6.07) is 6.97. The number of ether oxygens (including phenoxy) is 2. The number of imidazole rings is 1. The first kappa shape index (κ1) is 23.0. The van der Waals surface area contributed by atoms with Gasteiger partial charge in [-0.25, -0.2) is 15.0 Å². The normalized spacial score (nSPS) is 24.7. The number of aromatic nitrogens is 4. The molecule has 4 N–H and O–H groups in total. The molecule has 0 spiro atoms. The van der Waals surface area contributed by atoms with Gasteiger partial charge in [-0.1, -0.05) is 12.1 Å². The van der Waals surface area contributed by atoms with E-state index < -0.39 is 30.4 Å². The Hall–Kier alpha value is -3.81. The van der Waals surface area contributed by atoms with E-state index in [0.717, 1.165) is 0 Å². The summed E-state index contributed by atoms with van der Waals surface area (Å²) in [5.74, 6) is -0.00930. The van der Waals surface area contributed by atoms with Gasteiger partial charge in [-0.05, 0) is 12.1 Å². The van der Waals surface area contributed by atoms with Gasteiger partial charge in [0, 0.05) is 26.2 Å². The number of anilines is 1. The van der Waals surface area contributed by atoms with Crippen LogP contribution >= 0.6 is 0 Å². The molecule has 1 aromatic carbocycles. The van der Waals surface area contributed by atoms with Crippen molar-refractivity contribution in [3.05, 3.63) is 42.5 Å². The third-order valence-electron chi connectivity index (χ3n) is 6.36. The van der Waals surface area contributed by atoms with Crippen molar-refractivity contribution < 1.29 is 29.3 Å². The van der Waals surface area contributed by atoms with E-state index in [9.17, 15) is 19.8 Å². The minimum absolute atomic E-state index is 0.162. The van der Waals surface area contributed by atoms with Gasteiger partial charge in [0.2, 0.25) is 0 Å². The third kappa shape index (κ3) is 3.92. The summed E-state index contributed by atoms with van der Waals surface area (Å²) in [6.45, 7) is 1.12. The lowest BCUT2D eigenvalue weighted by molar-refractivity contribution is -0.150. The van der Waals surface area contributed by atoms with Gasteiger partial charge in [0.1, 0.15) is 29.8 Å². The maximum Gasteiger partial charge on any atom is 0.257 e. The Labute approximate surface area is 199 Å². The molecule has 13 nitrogen and oxygen atoms in total. The predicted octanol–water partition coefficient (Wildman–Crippen LogP) is -0.979. The molecular weight excluding hydrogens is 458 g/mol. The smallest absolute Gasteiger partial charge is 0.257 e. The van der Waals surface area contributed by atoms with Crippen molar-refractivity contribution in [3.63, 3.8) is 0 Å². The van der Waals surface area contributed by atoms with Crippen molar-refractivity contribution in [2.45, 2.75) is 24.5 Å². The zero-order valence-corrected chi connectivity index (χ0v) is 18.9. The van der Waals surface area contributed by atoms with Crippen LogP contribution in [0, 0.1) is 0 Å². The standard InChI is InChI=1S/C22H25N7O6/c1-34-13-5-3-2-4-12(13)20(32)27-6-8-28(9-7-27)21(33)17-15(30)16(31)22(35-17)29-11-26-14-18(23)24-10-25-19(14)29/h2-5,10-11,15-17,22,30-31H,6-9H2,1H3,(H2,23,24,25)/t15-,16+,17-,22+/m0/s1. The quantitative estimate of drug-likeness (QED) is 0.419. The van der Waals surface area contributed by atoms with E-state index in [0.29, 0.717) is 35.6 Å². The number of nitrogens with zero attached hydrogens (tertiary/aromatic N) is 6. The van der Waals surface area contributed by atoms with Crippen molar-refractivity contribution in [2.24, 2.45) is 0 Å². The summed E-state index contributed by atoms with van der Waals surface area (Å²) in [7, 11) is 1.51. The third-order valence-corrected chi connectivity index (χ3v) is 6.36. The summed E-state index contributed by atoms with van der Waals surface area (Å²) < 4.78 is 12.5. The molecule has 0 unspecified atom stereocenters. The Morgan fingerprint density at radius 2 is 1.77 bits per heavy atom. The van der Waals surface area contributed by atoms with E-state index in [-0.39, 0.29) is 24.8 Å². The van der Waals surface area contributed by atoms with Gasteiger partial charge >= 0.3 is 0 Å². The molecule has 35 heavy (non-hydrogen) atoms. The number of benzene rings is 1. The largest absolute Gasteiger partial charge is 0.496 e. The second-order valence-corrected chi connectivity index (χ2v) is 8.33. The number of rotatable bonds is 4. The fourth-order valence-electron chi connectivity index (χ4n) is 4.45. The van der Waals surface area contributed by atoms with Gasteiger partial charge in [0.25, 0.3) is 11.8 Å². The lowest BCUT2D eigenvalue weighted by Gasteiger charge is -2.36. The molecule has 2 fully saturated rings. The Morgan fingerprint density at radius 3 is 2.51 bits per heavy atom. The molecule has 3 aromatic rings. The van der Waals surface area contributed by atoms with Crippen LogP contribution in [0.1, 0.15) is 16.6 Å². The number of nitrogens with two attached hydrogens (primary N) is 1. The number of amides is 2. The number of aliphatic hydroxyl groups is 2. The molecule has 4 heterocycles. The number of fused-ring (bicyclic) bond motifs is 1. The maximum atomic E-state index is 13.2.